The highest BCUT2D eigenvalue weighted by Gasteiger charge is 2.35. The van der Waals surface area contributed by atoms with Crippen molar-refractivity contribution >= 4 is 6.03 Å². The molecule has 2 N–H and O–H groups in total. The second-order valence-corrected chi connectivity index (χ2v) is 7.28. The van der Waals surface area contributed by atoms with E-state index in [9.17, 15) is 4.79 Å². The fourth-order valence-electron chi connectivity index (χ4n) is 4.47. The summed E-state index contributed by atoms with van der Waals surface area (Å²) in [7, 11) is 0. The average molecular weight is 278 g/mol. The van der Waals surface area contributed by atoms with Gasteiger partial charge in [0.05, 0.1) is 0 Å². The Bertz CT molecular complexity index is 340. The number of hydrogen-bond donors (Lipinski definition) is 2. The summed E-state index contributed by atoms with van der Waals surface area (Å²) >= 11 is 0. The van der Waals surface area contributed by atoms with Crippen molar-refractivity contribution in [2.24, 2.45) is 17.8 Å². The molecule has 3 rings (SSSR count). The van der Waals surface area contributed by atoms with Gasteiger partial charge in [0.15, 0.2) is 0 Å². The Morgan fingerprint density at radius 3 is 2.50 bits per heavy atom. The Hall–Kier alpha value is -0.730. The minimum atomic E-state index is 0.0943. The number of carbonyl (C=O) groups excluding carboxylic acids is 1. The maximum atomic E-state index is 12.2. The molecule has 0 aliphatic heterocycles. The average Bonchev–Trinajstić information content (AvgIpc) is 3.20. The topological polar surface area (TPSA) is 41.1 Å². The van der Waals surface area contributed by atoms with Crippen LogP contribution in [0.1, 0.15) is 71.1 Å². The van der Waals surface area contributed by atoms with Gasteiger partial charge >= 0.3 is 6.03 Å². The van der Waals surface area contributed by atoms with Crippen molar-refractivity contribution in [3.8, 4) is 0 Å². The summed E-state index contributed by atoms with van der Waals surface area (Å²) in [5, 5.41) is 6.49. The van der Waals surface area contributed by atoms with Crippen LogP contribution < -0.4 is 10.6 Å². The predicted molar refractivity (Wildman–Crippen MR) is 81.6 cm³/mol. The van der Waals surface area contributed by atoms with Crippen molar-refractivity contribution in [2.75, 3.05) is 0 Å². The third kappa shape index (κ3) is 3.48. The van der Waals surface area contributed by atoms with Crippen LogP contribution in [0.15, 0.2) is 0 Å². The van der Waals surface area contributed by atoms with E-state index in [-0.39, 0.29) is 6.03 Å². The minimum Gasteiger partial charge on any atom is -0.335 e. The Morgan fingerprint density at radius 2 is 1.75 bits per heavy atom. The zero-order chi connectivity index (χ0) is 13.9. The number of carbonyl (C=O) groups is 1. The van der Waals surface area contributed by atoms with Crippen LogP contribution in [-0.4, -0.2) is 18.1 Å². The van der Waals surface area contributed by atoms with Gasteiger partial charge in [-0.3, -0.25) is 0 Å². The Morgan fingerprint density at radius 1 is 0.950 bits per heavy atom. The van der Waals surface area contributed by atoms with E-state index < -0.39 is 0 Å². The summed E-state index contributed by atoms with van der Waals surface area (Å²) in [6.45, 7) is 2.24. The van der Waals surface area contributed by atoms with Gasteiger partial charge in [0.1, 0.15) is 0 Å². The van der Waals surface area contributed by atoms with Crippen LogP contribution in [-0.2, 0) is 0 Å². The van der Waals surface area contributed by atoms with Crippen molar-refractivity contribution < 1.29 is 4.79 Å². The highest BCUT2D eigenvalue weighted by molar-refractivity contribution is 5.74. The summed E-state index contributed by atoms with van der Waals surface area (Å²) in [5.41, 5.74) is 0. The molecule has 114 valence electrons. The number of nitrogens with one attached hydrogen (secondary N) is 2. The van der Waals surface area contributed by atoms with E-state index >= 15 is 0 Å². The van der Waals surface area contributed by atoms with Crippen LogP contribution >= 0.6 is 0 Å². The Kier molecular flexibility index (Phi) is 4.52. The number of urea groups is 1. The van der Waals surface area contributed by atoms with Crippen LogP contribution in [0.4, 0.5) is 4.79 Å². The molecule has 0 bridgehead atoms. The van der Waals surface area contributed by atoms with E-state index in [1.165, 1.54) is 64.2 Å². The molecule has 0 aromatic rings. The molecule has 3 aliphatic carbocycles. The lowest BCUT2D eigenvalue weighted by Crippen LogP contribution is -2.48. The molecular formula is C17H30N2O. The standard InChI is InChI=1S/C17H30N2O/c1-2-12-5-4-8-16(12)19-17(20)18-15-7-3-6-14(11-15)13-9-10-13/h12-16H,2-11H2,1H3,(H2,18,19,20)/t12?,14-,15+,16?/m0/s1. The monoisotopic (exact) mass is 278 g/mol. The van der Waals surface area contributed by atoms with Gasteiger partial charge in [0.25, 0.3) is 0 Å². The molecule has 3 aliphatic rings. The van der Waals surface area contributed by atoms with E-state index in [0.717, 1.165) is 11.8 Å². The molecule has 3 fully saturated rings. The van der Waals surface area contributed by atoms with Crippen LogP contribution in [0.25, 0.3) is 0 Å². The first-order chi connectivity index (χ1) is 9.76. The molecule has 2 amide bonds. The lowest BCUT2D eigenvalue weighted by atomic mass is 9.83. The van der Waals surface area contributed by atoms with Crippen molar-refractivity contribution in [3.05, 3.63) is 0 Å². The molecule has 0 aromatic heterocycles. The zero-order valence-electron chi connectivity index (χ0n) is 12.9. The van der Waals surface area contributed by atoms with Crippen LogP contribution in [0.3, 0.4) is 0 Å². The first kappa shape index (κ1) is 14.2. The number of rotatable bonds is 4. The van der Waals surface area contributed by atoms with Crippen molar-refractivity contribution in [1.82, 2.24) is 10.6 Å². The molecule has 3 nitrogen and oxygen atoms in total. The molecule has 3 saturated carbocycles. The van der Waals surface area contributed by atoms with E-state index in [0.29, 0.717) is 18.0 Å². The molecule has 4 atom stereocenters. The number of hydrogen-bond acceptors (Lipinski definition) is 1. The lowest BCUT2D eigenvalue weighted by molar-refractivity contribution is 0.214. The van der Waals surface area contributed by atoms with E-state index in [2.05, 4.69) is 17.6 Å². The maximum Gasteiger partial charge on any atom is 0.315 e. The van der Waals surface area contributed by atoms with Gasteiger partial charge in [-0.2, -0.15) is 0 Å². The third-order valence-corrected chi connectivity index (χ3v) is 5.84. The van der Waals surface area contributed by atoms with Crippen molar-refractivity contribution in [3.63, 3.8) is 0 Å². The molecule has 20 heavy (non-hydrogen) atoms. The summed E-state index contributed by atoms with van der Waals surface area (Å²) in [6.07, 6.45) is 12.9. The number of amides is 2. The van der Waals surface area contributed by atoms with Gasteiger partial charge in [-0.05, 0) is 56.3 Å². The molecule has 0 heterocycles. The predicted octanol–water partition coefficient (Wildman–Crippen LogP) is 3.83. The minimum absolute atomic E-state index is 0.0943. The van der Waals surface area contributed by atoms with Gasteiger partial charge in [-0.25, -0.2) is 4.79 Å². The second-order valence-electron chi connectivity index (χ2n) is 7.28. The summed E-state index contributed by atoms with van der Waals surface area (Å²) < 4.78 is 0. The molecule has 0 aromatic carbocycles. The van der Waals surface area contributed by atoms with Crippen LogP contribution in [0.2, 0.25) is 0 Å². The molecule has 0 radical (unpaired) electrons. The normalized spacial score (nSPS) is 37.6. The summed E-state index contributed by atoms with van der Waals surface area (Å²) in [5.74, 6) is 2.58. The van der Waals surface area contributed by atoms with Gasteiger partial charge in [0, 0.05) is 12.1 Å². The zero-order valence-corrected chi connectivity index (χ0v) is 12.9. The highest BCUT2D eigenvalue weighted by Crippen LogP contribution is 2.43. The quantitative estimate of drug-likeness (QED) is 0.806. The molecule has 2 unspecified atom stereocenters. The SMILES string of the molecule is CCC1CCCC1NC(=O)N[C@@H]1CCC[C@H](C2CC2)C1. The highest BCUT2D eigenvalue weighted by atomic mass is 16.2. The first-order valence-corrected chi connectivity index (χ1v) is 8.83. The largest absolute Gasteiger partial charge is 0.335 e. The Balaban J connectivity index is 1.43. The fraction of sp³-hybridized carbons (Fsp3) is 0.941. The second kappa shape index (κ2) is 6.36. The van der Waals surface area contributed by atoms with Gasteiger partial charge in [-0.1, -0.05) is 32.6 Å². The Labute approximate surface area is 123 Å². The van der Waals surface area contributed by atoms with Crippen LogP contribution in [0, 0.1) is 17.8 Å². The van der Waals surface area contributed by atoms with E-state index in [1.807, 2.05) is 0 Å². The molecular weight excluding hydrogens is 248 g/mol. The van der Waals surface area contributed by atoms with Crippen molar-refractivity contribution in [1.29, 1.82) is 0 Å². The molecule has 0 spiro atoms. The summed E-state index contributed by atoms with van der Waals surface area (Å²) in [6, 6.07) is 0.940. The van der Waals surface area contributed by atoms with E-state index in [1.54, 1.807) is 0 Å². The van der Waals surface area contributed by atoms with Crippen LogP contribution in [0.5, 0.6) is 0 Å². The van der Waals surface area contributed by atoms with Gasteiger partial charge in [0.2, 0.25) is 0 Å². The maximum absolute atomic E-state index is 12.2. The molecule has 0 saturated heterocycles. The third-order valence-electron chi connectivity index (χ3n) is 5.84. The first-order valence-electron chi connectivity index (χ1n) is 8.83. The van der Waals surface area contributed by atoms with Gasteiger partial charge < -0.3 is 10.6 Å². The fourth-order valence-corrected chi connectivity index (χ4v) is 4.47. The molecule has 3 heteroatoms. The van der Waals surface area contributed by atoms with Gasteiger partial charge in [-0.15, -0.1) is 0 Å². The summed E-state index contributed by atoms with van der Waals surface area (Å²) in [4.78, 5) is 12.2. The van der Waals surface area contributed by atoms with E-state index in [4.69, 9.17) is 0 Å². The van der Waals surface area contributed by atoms with Crippen molar-refractivity contribution in [2.45, 2.75) is 83.2 Å². The lowest BCUT2D eigenvalue weighted by Gasteiger charge is -2.30. The smallest absolute Gasteiger partial charge is 0.315 e.